The Balaban J connectivity index is 1.93. The Hall–Kier alpha value is -2.21. The summed E-state index contributed by atoms with van der Waals surface area (Å²) in [6, 6.07) is 3.65. The molecule has 0 saturated heterocycles. The highest BCUT2D eigenvalue weighted by Crippen LogP contribution is 2.32. The lowest BCUT2D eigenvalue weighted by Gasteiger charge is -2.01. The van der Waals surface area contributed by atoms with E-state index in [-0.39, 0.29) is 0 Å². The van der Waals surface area contributed by atoms with Crippen LogP contribution in [0.5, 0.6) is 0 Å². The van der Waals surface area contributed by atoms with Gasteiger partial charge in [-0.2, -0.15) is 5.10 Å². The summed E-state index contributed by atoms with van der Waals surface area (Å²) in [4.78, 5) is 10.7. The van der Waals surface area contributed by atoms with Crippen molar-refractivity contribution in [3.05, 3.63) is 40.9 Å². The number of fused-ring (bicyclic) bond motifs is 1. The number of hydrogen-bond donors (Lipinski definition) is 1. The normalized spacial score (nSPS) is 11.5. The van der Waals surface area contributed by atoms with E-state index in [0.29, 0.717) is 5.76 Å². The Morgan fingerprint density at radius 1 is 1.37 bits per heavy atom. The highest BCUT2D eigenvalue weighted by molar-refractivity contribution is 7.18. The van der Waals surface area contributed by atoms with Crippen molar-refractivity contribution in [2.75, 3.05) is 5.43 Å². The molecule has 0 aromatic carbocycles. The fourth-order valence-corrected chi connectivity index (χ4v) is 2.79. The molecule has 0 aliphatic rings. The molecule has 19 heavy (non-hydrogen) atoms. The summed E-state index contributed by atoms with van der Waals surface area (Å²) >= 11 is 1.66. The van der Waals surface area contributed by atoms with Crippen molar-refractivity contribution in [1.29, 1.82) is 0 Å². The van der Waals surface area contributed by atoms with Gasteiger partial charge in [-0.25, -0.2) is 9.97 Å². The largest absolute Gasteiger partial charge is 0.463 e. The average Bonchev–Trinajstić information content (AvgIpc) is 3.00. The van der Waals surface area contributed by atoms with Gasteiger partial charge in [-0.05, 0) is 31.5 Å². The fourth-order valence-electron chi connectivity index (χ4n) is 1.79. The summed E-state index contributed by atoms with van der Waals surface area (Å²) in [5, 5.41) is 5.16. The van der Waals surface area contributed by atoms with Crippen LogP contribution >= 0.6 is 11.3 Å². The maximum Gasteiger partial charge on any atom is 0.158 e. The summed E-state index contributed by atoms with van der Waals surface area (Å²) in [7, 11) is 0. The standard InChI is InChI=1S/C13H12N4OS/c1-8-9(2)19-13-11(8)12(14-7-15-13)17-16-6-10-4-3-5-18-10/h3-7H,1-2H3,(H,14,15,17)/b16-6+. The average molecular weight is 272 g/mol. The third-order valence-corrected chi connectivity index (χ3v) is 3.99. The number of rotatable bonds is 3. The second kappa shape index (κ2) is 4.81. The molecule has 3 heterocycles. The van der Waals surface area contributed by atoms with E-state index in [0.717, 1.165) is 16.0 Å². The van der Waals surface area contributed by atoms with Gasteiger partial charge in [-0.1, -0.05) is 0 Å². The highest BCUT2D eigenvalue weighted by Gasteiger charge is 2.11. The summed E-state index contributed by atoms with van der Waals surface area (Å²) in [6.45, 7) is 4.15. The SMILES string of the molecule is Cc1sc2ncnc(N/N=C/c3ccco3)c2c1C. The van der Waals surface area contributed by atoms with Gasteiger partial charge in [0.15, 0.2) is 5.82 Å². The lowest BCUT2D eigenvalue weighted by Crippen LogP contribution is -1.95. The molecule has 0 bridgehead atoms. The number of nitrogens with zero attached hydrogens (tertiary/aromatic N) is 3. The molecular formula is C13H12N4OS. The highest BCUT2D eigenvalue weighted by atomic mass is 32.1. The van der Waals surface area contributed by atoms with Crippen LogP contribution in [-0.4, -0.2) is 16.2 Å². The lowest BCUT2D eigenvalue weighted by molar-refractivity contribution is 0.560. The summed E-state index contributed by atoms with van der Waals surface area (Å²) in [5.41, 5.74) is 4.14. The molecule has 0 aliphatic heterocycles. The Labute approximate surface area is 114 Å². The van der Waals surface area contributed by atoms with Crippen LogP contribution in [-0.2, 0) is 0 Å². The number of nitrogens with one attached hydrogen (secondary N) is 1. The van der Waals surface area contributed by atoms with Crippen LogP contribution in [0.2, 0.25) is 0 Å². The molecule has 0 unspecified atom stereocenters. The Bertz CT molecular complexity index is 731. The van der Waals surface area contributed by atoms with Gasteiger partial charge in [-0.3, -0.25) is 5.43 Å². The zero-order chi connectivity index (χ0) is 13.2. The van der Waals surface area contributed by atoms with Crippen molar-refractivity contribution in [1.82, 2.24) is 9.97 Å². The molecule has 1 N–H and O–H groups in total. The second-order valence-corrected chi connectivity index (χ2v) is 5.27. The van der Waals surface area contributed by atoms with E-state index < -0.39 is 0 Å². The second-order valence-electron chi connectivity index (χ2n) is 4.07. The Morgan fingerprint density at radius 3 is 3.05 bits per heavy atom. The molecule has 0 fully saturated rings. The van der Waals surface area contributed by atoms with Gasteiger partial charge in [0.25, 0.3) is 0 Å². The fraction of sp³-hybridized carbons (Fsp3) is 0.154. The quantitative estimate of drug-likeness (QED) is 0.586. The van der Waals surface area contributed by atoms with Crippen molar-refractivity contribution in [3.63, 3.8) is 0 Å². The van der Waals surface area contributed by atoms with Gasteiger partial charge >= 0.3 is 0 Å². The molecule has 96 valence electrons. The number of aryl methyl sites for hydroxylation is 2. The third kappa shape index (κ3) is 2.22. The minimum atomic E-state index is 0.691. The number of hydrogen-bond acceptors (Lipinski definition) is 6. The van der Waals surface area contributed by atoms with E-state index >= 15 is 0 Å². The Morgan fingerprint density at radius 2 is 2.26 bits per heavy atom. The number of anilines is 1. The third-order valence-electron chi connectivity index (χ3n) is 2.87. The predicted octanol–water partition coefficient (Wildman–Crippen LogP) is 3.35. The van der Waals surface area contributed by atoms with E-state index in [1.165, 1.54) is 10.4 Å². The molecule has 6 heteroatoms. The minimum absolute atomic E-state index is 0.691. The first-order valence-corrected chi connectivity index (χ1v) is 6.60. The minimum Gasteiger partial charge on any atom is -0.463 e. The maximum absolute atomic E-state index is 5.17. The van der Waals surface area contributed by atoms with Crippen LogP contribution in [0.25, 0.3) is 10.2 Å². The molecule has 3 aromatic heterocycles. The molecule has 0 saturated carbocycles. The van der Waals surface area contributed by atoms with Crippen LogP contribution in [0.15, 0.2) is 34.2 Å². The first-order chi connectivity index (χ1) is 9.25. The number of aromatic nitrogens is 2. The summed E-state index contributed by atoms with van der Waals surface area (Å²) in [6.07, 6.45) is 4.77. The van der Waals surface area contributed by atoms with Crippen LogP contribution in [0.4, 0.5) is 5.82 Å². The van der Waals surface area contributed by atoms with E-state index in [1.54, 1.807) is 30.1 Å². The van der Waals surface area contributed by atoms with Gasteiger partial charge in [0.1, 0.15) is 16.9 Å². The lowest BCUT2D eigenvalue weighted by atomic mass is 10.2. The van der Waals surface area contributed by atoms with Gasteiger partial charge in [0.05, 0.1) is 17.9 Å². The van der Waals surface area contributed by atoms with Crippen LogP contribution in [0, 0.1) is 13.8 Å². The summed E-state index contributed by atoms with van der Waals surface area (Å²) in [5.74, 6) is 1.41. The molecule has 0 aliphatic carbocycles. The monoisotopic (exact) mass is 272 g/mol. The van der Waals surface area contributed by atoms with E-state index in [9.17, 15) is 0 Å². The van der Waals surface area contributed by atoms with Gasteiger partial charge < -0.3 is 4.42 Å². The first-order valence-electron chi connectivity index (χ1n) is 5.79. The summed E-state index contributed by atoms with van der Waals surface area (Å²) < 4.78 is 5.17. The maximum atomic E-state index is 5.17. The molecule has 0 spiro atoms. The molecule has 0 amide bonds. The smallest absolute Gasteiger partial charge is 0.158 e. The topological polar surface area (TPSA) is 63.3 Å². The molecular weight excluding hydrogens is 260 g/mol. The predicted molar refractivity (Wildman–Crippen MR) is 76.8 cm³/mol. The number of furan rings is 1. The van der Waals surface area contributed by atoms with Crippen LogP contribution < -0.4 is 5.43 Å². The first kappa shape index (κ1) is 11.9. The van der Waals surface area contributed by atoms with Crippen LogP contribution in [0.3, 0.4) is 0 Å². The van der Waals surface area contributed by atoms with Crippen molar-refractivity contribution >= 4 is 33.6 Å². The van der Waals surface area contributed by atoms with E-state index in [4.69, 9.17) is 4.42 Å². The molecule has 3 aromatic rings. The van der Waals surface area contributed by atoms with Gasteiger partial charge in [-0.15, -0.1) is 11.3 Å². The zero-order valence-corrected chi connectivity index (χ0v) is 11.4. The molecule has 3 rings (SSSR count). The van der Waals surface area contributed by atoms with Gasteiger partial charge in [0.2, 0.25) is 0 Å². The van der Waals surface area contributed by atoms with Crippen molar-refractivity contribution < 1.29 is 4.42 Å². The number of hydrazone groups is 1. The Kier molecular flexibility index (Phi) is 3.00. The zero-order valence-electron chi connectivity index (χ0n) is 10.5. The van der Waals surface area contributed by atoms with Gasteiger partial charge in [0, 0.05) is 4.88 Å². The van der Waals surface area contributed by atoms with Crippen LogP contribution in [0.1, 0.15) is 16.2 Å². The number of thiophene rings is 1. The van der Waals surface area contributed by atoms with Crippen molar-refractivity contribution in [3.8, 4) is 0 Å². The molecule has 0 radical (unpaired) electrons. The molecule has 5 nitrogen and oxygen atoms in total. The van der Waals surface area contributed by atoms with E-state index in [2.05, 4.69) is 34.3 Å². The van der Waals surface area contributed by atoms with E-state index in [1.807, 2.05) is 12.1 Å². The molecule has 0 atom stereocenters. The van der Waals surface area contributed by atoms with Crippen molar-refractivity contribution in [2.24, 2.45) is 5.10 Å². The van der Waals surface area contributed by atoms with Crippen molar-refractivity contribution in [2.45, 2.75) is 13.8 Å².